The van der Waals surface area contributed by atoms with Crippen LogP contribution in [-0.4, -0.2) is 31.2 Å². The molecule has 0 heterocycles. The third kappa shape index (κ3) is 4.24. The number of likely N-dealkylation sites (N-methyl/N-ethyl adjacent to an activating group) is 1. The summed E-state index contributed by atoms with van der Waals surface area (Å²) in [5.74, 6) is -0.0192. The minimum absolute atomic E-state index is 0.0192. The molecule has 0 saturated heterocycles. The zero-order valence-corrected chi connectivity index (χ0v) is 12.0. The molecule has 0 fully saturated rings. The molecule has 106 valence electrons. The van der Waals surface area contributed by atoms with E-state index < -0.39 is 6.10 Å². The average Bonchev–Trinajstić information content (AvgIpc) is 2.45. The Morgan fingerprint density at radius 1 is 1.37 bits per heavy atom. The van der Waals surface area contributed by atoms with E-state index in [-0.39, 0.29) is 5.91 Å². The van der Waals surface area contributed by atoms with Crippen molar-refractivity contribution >= 4 is 11.6 Å². The van der Waals surface area contributed by atoms with Gasteiger partial charge in [-0.3, -0.25) is 4.79 Å². The molecule has 0 spiro atoms. The number of para-hydroxylation sites is 1. The summed E-state index contributed by atoms with van der Waals surface area (Å²) in [6, 6.07) is 7.75. The molecule has 4 nitrogen and oxygen atoms in total. The number of hydrogen-bond acceptors (Lipinski definition) is 3. The Morgan fingerprint density at radius 2 is 2.05 bits per heavy atom. The smallest absolute Gasteiger partial charge is 0.239 e. The van der Waals surface area contributed by atoms with Crippen LogP contribution in [0, 0.1) is 0 Å². The molecule has 19 heavy (non-hydrogen) atoms. The molecular formula is C15H24N2O2. The standard InChI is InChI=1S/C15H24N2O2/c1-4-10-17(11-15(19)16-3)13-9-7-6-8-12(13)14(18)5-2/h6-9,14,18H,4-5,10-11H2,1-3H3,(H,16,19)/t14-/m1/s1. The van der Waals surface area contributed by atoms with Gasteiger partial charge in [0.1, 0.15) is 0 Å². The molecule has 0 unspecified atom stereocenters. The lowest BCUT2D eigenvalue weighted by Gasteiger charge is -2.27. The molecule has 0 radical (unpaired) electrons. The Balaban J connectivity index is 3.04. The number of carbonyl (C=O) groups is 1. The number of nitrogens with zero attached hydrogens (tertiary/aromatic N) is 1. The van der Waals surface area contributed by atoms with E-state index in [4.69, 9.17) is 0 Å². The van der Waals surface area contributed by atoms with E-state index in [0.29, 0.717) is 13.0 Å². The van der Waals surface area contributed by atoms with Crippen molar-refractivity contribution in [1.82, 2.24) is 5.32 Å². The predicted octanol–water partition coefficient (Wildman–Crippen LogP) is 2.09. The number of aliphatic hydroxyl groups excluding tert-OH is 1. The first kappa shape index (κ1) is 15.5. The van der Waals surface area contributed by atoms with Crippen molar-refractivity contribution in [2.75, 3.05) is 25.0 Å². The fraction of sp³-hybridized carbons (Fsp3) is 0.533. The van der Waals surface area contributed by atoms with Gasteiger partial charge >= 0.3 is 0 Å². The van der Waals surface area contributed by atoms with Crippen LogP contribution in [0.1, 0.15) is 38.4 Å². The highest BCUT2D eigenvalue weighted by molar-refractivity contribution is 5.81. The van der Waals surface area contributed by atoms with E-state index in [9.17, 15) is 9.90 Å². The fourth-order valence-corrected chi connectivity index (χ4v) is 2.08. The van der Waals surface area contributed by atoms with E-state index in [2.05, 4.69) is 12.2 Å². The van der Waals surface area contributed by atoms with Crippen LogP contribution in [0.2, 0.25) is 0 Å². The maximum atomic E-state index is 11.6. The molecule has 0 bridgehead atoms. The normalized spacial score (nSPS) is 12.0. The van der Waals surface area contributed by atoms with Gasteiger partial charge in [-0.2, -0.15) is 0 Å². The molecule has 0 aromatic heterocycles. The molecule has 1 rings (SSSR count). The van der Waals surface area contributed by atoms with Crippen molar-refractivity contribution < 1.29 is 9.90 Å². The van der Waals surface area contributed by atoms with Gasteiger partial charge in [-0.1, -0.05) is 32.0 Å². The third-order valence-corrected chi connectivity index (χ3v) is 3.13. The number of carbonyl (C=O) groups excluding carboxylic acids is 1. The SMILES string of the molecule is CCCN(CC(=O)NC)c1ccccc1[C@H](O)CC. The number of amides is 1. The minimum Gasteiger partial charge on any atom is -0.388 e. The Labute approximate surface area is 115 Å². The van der Waals surface area contributed by atoms with Gasteiger partial charge in [-0.05, 0) is 18.9 Å². The van der Waals surface area contributed by atoms with Gasteiger partial charge in [0, 0.05) is 24.8 Å². The number of benzene rings is 1. The van der Waals surface area contributed by atoms with Crippen molar-refractivity contribution in [2.45, 2.75) is 32.8 Å². The average molecular weight is 264 g/mol. The summed E-state index contributed by atoms with van der Waals surface area (Å²) in [6.07, 6.45) is 1.13. The molecular weight excluding hydrogens is 240 g/mol. The number of hydrogen-bond donors (Lipinski definition) is 2. The van der Waals surface area contributed by atoms with Gasteiger partial charge in [0.05, 0.1) is 12.6 Å². The van der Waals surface area contributed by atoms with Crippen LogP contribution in [0.4, 0.5) is 5.69 Å². The molecule has 1 aromatic rings. The Morgan fingerprint density at radius 3 is 2.63 bits per heavy atom. The van der Waals surface area contributed by atoms with Crippen LogP contribution in [0.15, 0.2) is 24.3 Å². The topological polar surface area (TPSA) is 52.6 Å². The summed E-state index contributed by atoms with van der Waals surface area (Å²) in [5.41, 5.74) is 1.84. The molecule has 2 N–H and O–H groups in total. The van der Waals surface area contributed by atoms with E-state index in [0.717, 1.165) is 24.2 Å². The van der Waals surface area contributed by atoms with Crippen LogP contribution >= 0.6 is 0 Å². The molecule has 1 atom stereocenters. The highest BCUT2D eigenvalue weighted by Gasteiger charge is 2.16. The van der Waals surface area contributed by atoms with Crippen LogP contribution in [0.25, 0.3) is 0 Å². The lowest BCUT2D eigenvalue weighted by atomic mass is 10.0. The molecule has 0 aliphatic rings. The number of anilines is 1. The number of rotatable bonds is 7. The highest BCUT2D eigenvalue weighted by Crippen LogP contribution is 2.28. The Bertz CT molecular complexity index is 407. The Hall–Kier alpha value is -1.55. The highest BCUT2D eigenvalue weighted by atomic mass is 16.3. The quantitative estimate of drug-likeness (QED) is 0.793. The molecule has 1 aromatic carbocycles. The van der Waals surface area contributed by atoms with Crippen molar-refractivity contribution in [3.63, 3.8) is 0 Å². The lowest BCUT2D eigenvalue weighted by molar-refractivity contribution is -0.119. The van der Waals surface area contributed by atoms with Crippen LogP contribution in [-0.2, 0) is 4.79 Å². The zero-order valence-electron chi connectivity index (χ0n) is 12.0. The molecule has 0 saturated carbocycles. The summed E-state index contributed by atoms with van der Waals surface area (Å²) >= 11 is 0. The lowest BCUT2D eigenvalue weighted by Crippen LogP contribution is -2.36. The van der Waals surface area contributed by atoms with Gasteiger partial charge in [0.2, 0.25) is 5.91 Å². The van der Waals surface area contributed by atoms with Crippen molar-refractivity contribution in [3.05, 3.63) is 29.8 Å². The first-order valence-corrected chi connectivity index (χ1v) is 6.86. The summed E-state index contributed by atoms with van der Waals surface area (Å²) in [5, 5.41) is 12.7. The number of nitrogens with one attached hydrogen (secondary N) is 1. The van der Waals surface area contributed by atoms with Gasteiger partial charge in [0.15, 0.2) is 0 Å². The predicted molar refractivity (Wildman–Crippen MR) is 78.3 cm³/mol. The monoisotopic (exact) mass is 264 g/mol. The first-order valence-electron chi connectivity index (χ1n) is 6.86. The summed E-state index contributed by atoms with van der Waals surface area (Å²) < 4.78 is 0. The van der Waals surface area contributed by atoms with Crippen molar-refractivity contribution in [1.29, 1.82) is 0 Å². The molecule has 4 heteroatoms. The minimum atomic E-state index is -0.486. The van der Waals surface area contributed by atoms with Gasteiger partial charge in [0.25, 0.3) is 0 Å². The molecule has 0 aliphatic carbocycles. The second-order valence-corrected chi connectivity index (χ2v) is 4.58. The first-order chi connectivity index (χ1) is 9.13. The Kier molecular flexibility index (Phi) is 6.36. The third-order valence-electron chi connectivity index (χ3n) is 3.13. The van der Waals surface area contributed by atoms with Crippen molar-refractivity contribution in [3.8, 4) is 0 Å². The second kappa shape index (κ2) is 7.79. The maximum Gasteiger partial charge on any atom is 0.239 e. The van der Waals surface area contributed by atoms with E-state index in [1.165, 1.54) is 0 Å². The maximum absolute atomic E-state index is 11.6. The van der Waals surface area contributed by atoms with Gasteiger partial charge in [-0.25, -0.2) is 0 Å². The second-order valence-electron chi connectivity index (χ2n) is 4.58. The van der Waals surface area contributed by atoms with Crippen molar-refractivity contribution in [2.24, 2.45) is 0 Å². The zero-order chi connectivity index (χ0) is 14.3. The van der Waals surface area contributed by atoms with E-state index in [1.54, 1.807) is 7.05 Å². The fourth-order valence-electron chi connectivity index (χ4n) is 2.08. The number of aliphatic hydroxyl groups is 1. The summed E-state index contributed by atoms with van der Waals surface area (Å²) in [6.45, 7) is 5.14. The van der Waals surface area contributed by atoms with E-state index in [1.807, 2.05) is 36.1 Å². The summed E-state index contributed by atoms with van der Waals surface area (Å²) in [7, 11) is 1.64. The largest absolute Gasteiger partial charge is 0.388 e. The summed E-state index contributed by atoms with van der Waals surface area (Å²) in [4.78, 5) is 13.6. The van der Waals surface area contributed by atoms with Gasteiger partial charge < -0.3 is 15.3 Å². The van der Waals surface area contributed by atoms with Crippen LogP contribution in [0.3, 0.4) is 0 Å². The van der Waals surface area contributed by atoms with Gasteiger partial charge in [-0.15, -0.1) is 0 Å². The van der Waals surface area contributed by atoms with Crippen LogP contribution in [0.5, 0.6) is 0 Å². The van der Waals surface area contributed by atoms with Crippen LogP contribution < -0.4 is 10.2 Å². The molecule has 0 aliphatic heterocycles. The van der Waals surface area contributed by atoms with E-state index >= 15 is 0 Å². The molecule has 1 amide bonds.